The smallest absolute Gasteiger partial charge is 0.354 e. The van der Waals surface area contributed by atoms with Crippen molar-refractivity contribution in [3.05, 3.63) is 18.3 Å². The van der Waals surface area contributed by atoms with Gasteiger partial charge >= 0.3 is 12.4 Å². The number of anilines is 1. The van der Waals surface area contributed by atoms with Crippen molar-refractivity contribution in [2.24, 2.45) is 5.41 Å². The Morgan fingerprint density at radius 2 is 1.74 bits per heavy atom. The molecule has 0 atom stereocenters. The van der Waals surface area contributed by atoms with E-state index in [4.69, 9.17) is 0 Å². The van der Waals surface area contributed by atoms with Gasteiger partial charge in [0.2, 0.25) is 0 Å². The van der Waals surface area contributed by atoms with Gasteiger partial charge in [-0.05, 0) is 18.6 Å². The average molecular weight is 362 g/mol. The van der Waals surface area contributed by atoms with Crippen molar-refractivity contribution >= 4 is 15.7 Å². The fraction of sp³-hybridized carbons (Fsp3) is 0.583. The largest absolute Gasteiger partial charge is 0.404 e. The van der Waals surface area contributed by atoms with Crippen LogP contribution in [-0.4, -0.2) is 45.1 Å². The first-order valence-corrected chi connectivity index (χ1v) is 8.22. The summed E-state index contributed by atoms with van der Waals surface area (Å²) in [6.45, 7) is -2.02. The van der Waals surface area contributed by atoms with Crippen LogP contribution in [0.15, 0.2) is 23.2 Å². The molecule has 0 radical (unpaired) electrons. The molecular weight excluding hydrogens is 350 g/mol. The Bertz CT molecular complexity index is 684. The third-order valence-electron chi connectivity index (χ3n) is 3.80. The highest BCUT2D eigenvalue weighted by molar-refractivity contribution is 7.90. The molecular formula is C12H12F6N2O2S. The maximum atomic E-state index is 13.1. The number of sulfone groups is 1. The number of nitrogens with zero attached hydrogens (tertiary/aromatic N) is 2. The molecule has 1 aliphatic heterocycles. The van der Waals surface area contributed by atoms with Gasteiger partial charge in [0.15, 0.2) is 15.3 Å². The molecule has 0 N–H and O–H groups in total. The fourth-order valence-electron chi connectivity index (χ4n) is 2.52. The molecule has 0 saturated carbocycles. The topological polar surface area (TPSA) is 50.3 Å². The highest BCUT2D eigenvalue weighted by Gasteiger charge is 2.72. The van der Waals surface area contributed by atoms with E-state index in [2.05, 4.69) is 4.98 Å². The average Bonchev–Trinajstić information content (AvgIpc) is 2.83. The van der Waals surface area contributed by atoms with Crippen LogP contribution in [0.5, 0.6) is 0 Å². The second-order valence-electron chi connectivity index (χ2n) is 5.35. The third-order valence-corrected chi connectivity index (χ3v) is 4.92. The summed E-state index contributed by atoms with van der Waals surface area (Å²) in [5, 5.41) is 0. The maximum absolute atomic E-state index is 13.1. The molecule has 4 nitrogen and oxygen atoms in total. The molecule has 2 rings (SSSR count). The zero-order chi connectivity index (χ0) is 17.7. The van der Waals surface area contributed by atoms with Gasteiger partial charge in [0.25, 0.3) is 0 Å². The van der Waals surface area contributed by atoms with Crippen molar-refractivity contribution in [3.63, 3.8) is 0 Å². The summed E-state index contributed by atoms with van der Waals surface area (Å²) in [5.41, 5.74) is -3.90. The standard InChI is InChI=1S/C12H12F6N2O2S/c1-23(21,22)8-3-2-5-19-9(8)20-6-4-10(7-20,11(13,14)15)12(16,17)18/h2-3,5H,4,6-7H2,1H3. The molecule has 1 saturated heterocycles. The lowest BCUT2D eigenvalue weighted by molar-refractivity contribution is -0.332. The molecule has 1 fully saturated rings. The van der Waals surface area contributed by atoms with Gasteiger partial charge in [-0.3, -0.25) is 0 Å². The minimum Gasteiger partial charge on any atom is -0.354 e. The van der Waals surface area contributed by atoms with E-state index in [0.29, 0.717) is 0 Å². The van der Waals surface area contributed by atoms with Gasteiger partial charge in [0.1, 0.15) is 10.7 Å². The summed E-state index contributed by atoms with van der Waals surface area (Å²) in [6, 6.07) is 2.34. The Labute approximate surface area is 128 Å². The lowest BCUT2D eigenvalue weighted by Crippen LogP contribution is -2.51. The van der Waals surface area contributed by atoms with Gasteiger partial charge < -0.3 is 4.90 Å². The van der Waals surface area contributed by atoms with Gasteiger partial charge in [0.05, 0.1) is 0 Å². The first kappa shape index (κ1) is 17.8. The van der Waals surface area contributed by atoms with Crippen molar-refractivity contribution < 1.29 is 34.8 Å². The summed E-state index contributed by atoms with van der Waals surface area (Å²) in [6.07, 6.45) is -10.3. The molecule has 2 heterocycles. The van der Waals surface area contributed by atoms with Crippen molar-refractivity contribution in [2.45, 2.75) is 23.7 Å². The number of alkyl halides is 6. The number of pyridine rings is 1. The van der Waals surface area contributed by atoms with E-state index < -0.39 is 57.8 Å². The zero-order valence-corrected chi connectivity index (χ0v) is 12.6. The first-order chi connectivity index (χ1) is 10.3. The van der Waals surface area contributed by atoms with E-state index in [-0.39, 0.29) is 0 Å². The quantitative estimate of drug-likeness (QED) is 0.760. The van der Waals surface area contributed by atoms with Gasteiger partial charge in [0, 0.05) is 25.5 Å². The minimum absolute atomic E-state index is 0.398. The monoisotopic (exact) mass is 362 g/mol. The number of hydrogen-bond donors (Lipinski definition) is 0. The minimum atomic E-state index is -5.50. The number of halogens is 6. The lowest BCUT2D eigenvalue weighted by atomic mass is 9.85. The van der Waals surface area contributed by atoms with E-state index in [0.717, 1.165) is 23.4 Å². The van der Waals surface area contributed by atoms with Crippen LogP contribution < -0.4 is 4.90 Å². The molecule has 1 aliphatic rings. The van der Waals surface area contributed by atoms with Gasteiger partial charge in [-0.15, -0.1) is 0 Å². The van der Waals surface area contributed by atoms with Crippen LogP contribution in [0.2, 0.25) is 0 Å². The molecule has 11 heteroatoms. The third kappa shape index (κ3) is 2.98. The Kier molecular flexibility index (Phi) is 4.07. The Morgan fingerprint density at radius 1 is 1.17 bits per heavy atom. The van der Waals surface area contributed by atoms with E-state index in [1.807, 2.05) is 0 Å². The number of rotatable bonds is 2. The molecule has 23 heavy (non-hydrogen) atoms. The van der Waals surface area contributed by atoms with E-state index in [9.17, 15) is 34.8 Å². The summed E-state index contributed by atoms with van der Waals surface area (Å²) in [7, 11) is -3.85. The fourth-order valence-corrected chi connectivity index (χ4v) is 3.36. The Morgan fingerprint density at radius 3 is 2.17 bits per heavy atom. The molecule has 1 aromatic rings. The van der Waals surface area contributed by atoms with Gasteiger partial charge in [-0.25, -0.2) is 13.4 Å². The van der Waals surface area contributed by atoms with Crippen LogP contribution in [0.3, 0.4) is 0 Å². The van der Waals surface area contributed by atoms with Crippen LogP contribution in [0.25, 0.3) is 0 Å². The van der Waals surface area contributed by atoms with Gasteiger partial charge in [-0.1, -0.05) is 0 Å². The van der Waals surface area contributed by atoms with Crippen LogP contribution in [0, 0.1) is 5.41 Å². The molecule has 0 spiro atoms. The Hall–Kier alpha value is -1.52. The van der Waals surface area contributed by atoms with Gasteiger partial charge in [-0.2, -0.15) is 26.3 Å². The normalized spacial score (nSPS) is 19.2. The highest BCUT2D eigenvalue weighted by atomic mass is 32.2. The summed E-state index contributed by atoms with van der Waals surface area (Å²) in [4.78, 5) is 3.99. The second-order valence-corrected chi connectivity index (χ2v) is 7.33. The molecule has 0 aliphatic carbocycles. The zero-order valence-electron chi connectivity index (χ0n) is 11.7. The number of aromatic nitrogens is 1. The van der Waals surface area contributed by atoms with Crippen molar-refractivity contribution in [1.29, 1.82) is 0 Å². The van der Waals surface area contributed by atoms with Crippen LogP contribution in [0.1, 0.15) is 6.42 Å². The van der Waals surface area contributed by atoms with Crippen molar-refractivity contribution in [1.82, 2.24) is 4.98 Å². The SMILES string of the molecule is CS(=O)(=O)c1cccnc1N1CCC(C(F)(F)F)(C(F)(F)F)C1. The summed E-state index contributed by atoms with van der Waals surface area (Å²) >= 11 is 0. The van der Waals surface area contributed by atoms with Crippen molar-refractivity contribution in [3.8, 4) is 0 Å². The highest BCUT2D eigenvalue weighted by Crippen LogP contribution is 2.56. The van der Waals surface area contributed by atoms with Crippen molar-refractivity contribution in [2.75, 3.05) is 24.2 Å². The van der Waals surface area contributed by atoms with E-state index in [1.165, 1.54) is 6.07 Å². The second kappa shape index (κ2) is 5.25. The van der Waals surface area contributed by atoms with Crippen LogP contribution in [-0.2, 0) is 9.84 Å². The van der Waals surface area contributed by atoms with Crippen LogP contribution >= 0.6 is 0 Å². The number of hydrogen-bond acceptors (Lipinski definition) is 4. The lowest BCUT2D eigenvalue weighted by Gasteiger charge is -2.33. The van der Waals surface area contributed by atoms with E-state index in [1.54, 1.807) is 0 Å². The molecule has 0 unspecified atom stereocenters. The molecule has 1 aromatic heterocycles. The predicted molar refractivity (Wildman–Crippen MR) is 68.7 cm³/mol. The summed E-state index contributed by atoms with van der Waals surface area (Å²) < 4.78 is 102. The molecule has 0 bridgehead atoms. The molecule has 0 aromatic carbocycles. The maximum Gasteiger partial charge on any atom is 0.404 e. The first-order valence-electron chi connectivity index (χ1n) is 6.33. The summed E-state index contributed by atoms with van der Waals surface area (Å²) in [5.74, 6) is -0.398. The predicted octanol–water partition coefficient (Wildman–Crippen LogP) is 2.81. The molecule has 0 amide bonds. The van der Waals surface area contributed by atoms with Crippen LogP contribution in [0.4, 0.5) is 32.2 Å². The Balaban J connectivity index is 2.48. The molecule has 130 valence electrons. The van der Waals surface area contributed by atoms with E-state index >= 15 is 0 Å².